The lowest BCUT2D eigenvalue weighted by Gasteiger charge is -1.93. The van der Waals surface area contributed by atoms with Crippen LogP contribution in [0, 0.1) is 6.92 Å². The van der Waals surface area contributed by atoms with E-state index in [4.69, 9.17) is 0 Å². The van der Waals surface area contributed by atoms with Gasteiger partial charge in [-0.1, -0.05) is 17.3 Å². The summed E-state index contributed by atoms with van der Waals surface area (Å²) in [7, 11) is 0. The van der Waals surface area contributed by atoms with Gasteiger partial charge in [-0.25, -0.2) is 0 Å². The standard InChI is InChI=1S/C7H6BrN3/c1-5-3-2-4-6-7(5)11(8)10-9-6/h2-4H,1H3. The van der Waals surface area contributed by atoms with E-state index in [-0.39, 0.29) is 0 Å². The summed E-state index contributed by atoms with van der Waals surface area (Å²) in [6.07, 6.45) is 0. The molecule has 0 aliphatic rings. The largest absolute Gasteiger partial charge is 0.177 e. The minimum Gasteiger partial charge on any atom is -0.177 e. The molecule has 0 saturated heterocycles. The Bertz CT molecular complexity index is 393. The van der Waals surface area contributed by atoms with Crippen LogP contribution in [0.4, 0.5) is 0 Å². The normalized spacial score (nSPS) is 10.7. The molecule has 0 spiro atoms. The van der Waals surface area contributed by atoms with Crippen molar-refractivity contribution in [3.8, 4) is 0 Å². The van der Waals surface area contributed by atoms with Gasteiger partial charge in [0.05, 0.1) is 16.1 Å². The van der Waals surface area contributed by atoms with Gasteiger partial charge in [0.1, 0.15) is 11.0 Å². The number of benzene rings is 1. The second kappa shape index (κ2) is 2.30. The summed E-state index contributed by atoms with van der Waals surface area (Å²) in [6, 6.07) is 5.94. The van der Waals surface area contributed by atoms with Crippen molar-refractivity contribution in [1.29, 1.82) is 0 Å². The van der Waals surface area contributed by atoms with Gasteiger partial charge >= 0.3 is 0 Å². The highest BCUT2D eigenvalue weighted by Gasteiger charge is 2.02. The van der Waals surface area contributed by atoms with Gasteiger partial charge in [-0.15, -0.1) is 5.10 Å². The predicted octanol–water partition coefficient (Wildman–Crippen LogP) is 1.90. The summed E-state index contributed by atoms with van der Waals surface area (Å²) in [4.78, 5) is 0. The monoisotopic (exact) mass is 211 g/mol. The van der Waals surface area contributed by atoms with Crippen LogP contribution in [-0.4, -0.2) is 14.0 Å². The Morgan fingerprint density at radius 2 is 2.27 bits per heavy atom. The SMILES string of the molecule is Cc1cccc2nnn(Br)c12. The van der Waals surface area contributed by atoms with Crippen molar-refractivity contribution in [2.45, 2.75) is 6.92 Å². The summed E-state index contributed by atoms with van der Waals surface area (Å²) < 4.78 is 1.61. The molecule has 0 radical (unpaired) electrons. The van der Waals surface area contributed by atoms with E-state index in [1.165, 1.54) is 5.56 Å². The zero-order valence-corrected chi connectivity index (χ0v) is 7.54. The van der Waals surface area contributed by atoms with Crippen molar-refractivity contribution in [3.05, 3.63) is 23.8 Å². The molecule has 0 unspecified atom stereocenters. The van der Waals surface area contributed by atoms with E-state index in [0.717, 1.165) is 11.0 Å². The van der Waals surface area contributed by atoms with Crippen molar-refractivity contribution < 1.29 is 0 Å². The van der Waals surface area contributed by atoms with Crippen molar-refractivity contribution in [3.63, 3.8) is 0 Å². The summed E-state index contributed by atoms with van der Waals surface area (Å²) in [5.74, 6) is 0. The van der Waals surface area contributed by atoms with Gasteiger partial charge in [-0.3, -0.25) is 0 Å². The van der Waals surface area contributed by atoms with E-state index in [0.29, 0.717) is 0 Å². The summed E-state index contributed by atoms with van der Waals surface area (Å²) in [5, 5.41) is 7.79. The van der Waals surface area contributed by atoms with Crippen molar-refractivity contribution in [1.82, 2.24) is 14.0 Å². The minimum absolute atomic E-state index is 0.918. The fourth-order valence-electron chi connectivity index (χ4n) is 1.10. The molecule has 1 aromatic carbocycles. The van der Waals surface area contributed by atoms with Crippen LogP contribution in [0.5, 0.6) is 0 Å². The number of rotatable bonds is 0. The first-order valence-electron chi connectivity index (χ1n) is 3.26. The van der Waals surface area contributed by atoms with E-state index in [1.54, 1.807) is 3.71 Å². The van der Waals surface area contributed by atoms with E-state index >= 15 is 0 Å². The first-order valence-corrected chi connectivity index (χ1v) is 3.97. The first kappa shape index (κ1) is 6.79. The number of halogens is 1. The highest BCUT2D eigenvalue weighted by Crippen LogP contribution is 2.16. The van der Waals surface area contributed by atoms with Crippen LogP contribution in [0.1, 0.15) is 5.56 Å². The average Bonchev–Trinajstić information content (AvgIpc) is 2.34. The van der Waals surface area contributed by atoms with E-state index in [2.05, 4.69) is 26.5 Å². The van der Waals surface area contributed by atoms with E-state index < -0.39 is 0 Å². The molecular formula is C7H6BrN3. The molecule has 0 aliphatic heterocycles. The van der Waals surface area contributed by atoms with Crippen molar-refractivity contribution >= 4 is 27.2 Å². The summed E-state index contributed by atoms with van der Waals surface area (Å²) in [6.45, 7) is 2.03. The molecule has 4 heteroatoms. The topological polar surface area (TPSA) is 30.7 Å². The molecule has 2 rings (SSSR count). The molecule has 0 bridgehead atoms. The maximum Gasteiger partial charge on any atom is 0.114 e. The third kappa shape index (κ3) is 0.939. The Morgan fingerprint density at radius 3 is 3.00 bits per heavy atom. The number of nitrogens with zero attached hydrogens (tertiary/aromatic N) is 3. The number of hydrogen-bond acceptors (Lipinski definition) is 2. The fraction of sp³-hybridized carbons (Fsp3) is 0.143. The number of fused-ring (bicyclic) bond motifs is 1. The second-order valence-corrected chi connectivity index (χ2v) is 3.06. The van der Waals surface area contributed by atoms with Gasteiger partial charge in [0, 0.05) is 0 Å². The summed E-state index contributed by atoms with van der Waals surface area (Å²) in [5.41, 5.74) is 3.12. The third-order valence-electron chi connectivity index (χ3n) is 1.63. The molecular weight excluding hydrogens is 206 g/mol. The lowest BCUT2D eigenvalue weighted by molar-refractivity contribution is 0.923. The minimum atomic E-state index is 0.918. The number of para-hydroxylation sites is 1. The maximum atomic E-state index is 3.95. The Morgan fingerprint density at radius 1 is 1.45 bits per heavy atom. The van der Waals surface area contributed by atoms with Gasteiger partial charge in [-0.2, -0.15) is 3.71 Å². The Labute approximate surface area is 72.4 Å². The zero-order valence-electron chi connectivity index (χ0n) is 5.95. The smallest absolute Gasteiger partial charge is 0.114 e. The molecule has 1 aromatic heterocycles. The van der Waals surface area contributed by atoms with Gasteiger partial charge in [0.15, 0.2) is 0 Å². The quantitative estimate of drug-likeness (QED) is 0.667. The molecule has 1 heterocycles. The molecule has 0 N–H and O–H groups in total. The van der Waals surface area contributed by atoms with Crippen LogP contribution in [0.15, 0.2) is 18.2 Å². The molecule has 56 valence electrons. The highest BCUT2D eigenvalue weighted by atomic mass is 79.9. The molecule has 0 atom stereocenters. The molecule has 0 aliphatic carbocycles. The molecule has 2 aromatic rings. The van der Waals surface area contributed by atoms with Gasteiger partial charge < -0.3 is 0 Å². The third-order valence-corrected chi connectivity index (χ3v) is 2.13. The van der Waals surface area contributed by atoms with Crippen LogP contribution in [0.25, 0.3) is 11.0 Å². The number of hydrogen-bond donors (Lipinski definition) is 0. The lowest BCUT2D eigenvalue weighted by atomic mass is 10.2. The van der Waals surface area contributed by atoms with Gasteiger partial charge in [-0.05, 0) is 18.6 Å². The molecule has 3 nitrogen and oxygen atoms in total. The Hall–Kier alpha value is -0.900. The zero-order chi connectivity index (χ0) is 7.84. The van der Waals surface area contributed by atoms with Crippen LogP contribution in [0.2, 0.25) is 0 Å². The molecule has 0 amide bonds. The number of aryl methyl sites for hydroxylation is 1. The van der Waals surface area contributed by atoms with E-state index in [1.807, 2.05) is 25.1 Å². The van der Waals surface area contributed by atoms with Gasteiger partial charge in [0.25, 0.3) is 0 Å². The lowest BCUT2D eigenvalue weighted by Crippen LogP contribution is -1.82. The molecule has 11 heavy (non-hydrogen) atoms. The Kier molecular flexibility index (Phi) is 1.42. The van der Waals surface area contributed by atoms with Crippen molar-refractivity contribution in [2.24, 2.45) is 0 Å². The highest BCUT2D eigenvalue weighted by molar-refractivity contribution is 9.08. The Balaban J connectivity index is 2.96. The number of aromatic nitrogens is 3. The predicted molar refractivity (Wildman–Crippen MR) is 46.6 cm³/mol. The maximum absolute atomic E-state index is 3.95. The fourth-order valence-corrected chi connectivity index (χ4v) is 1.63. The van der Waals surface area contributed by atoms with Crippen LogP contribution in [-0.2, 0) is 0 Å². The molecule has 0 saturated carbocycles. The average molecular weight is 212 g/mol. The van der Waals surface area contributed by atoms with Crippen LogP contribution >= 0.6 is 16.1 Å². The van der Waals surface area contributed by atoms with E-state index in [9.17, 15) is 0 Å². The van der Waals surface area contributed by atoms with Crippen LogP contribution < -0.4 is 0 Å². The second-order valence-electron chi connectivity index (χ2n) is 2.39. The van der Waals surface area contributed by atoms with Gasteiger partial charge in [0.2, 0.25) is 0 Å². The van der Waals surface area contributed by atoms with Crippen LogP contribution in [0.3, 0.4) is 0 Å². The summed E-state index contributed by atoms with van der Waals surface area (Å²) >= 11 is 3.26. The molecule has 0 fully saturated rings. The van der Waals surface area contributed by atoms with Crippen molar-refractivity contribution in [2.75, 3.05) is 0 Å². The first-order chi connectivity index (χ1) is 5.29.